The van der Waals surface area contributed by atoms with Crippen molar-refractivity contribution in [2.75, 3.05) is 6.54 Å². The first-order valence-corrected chi connectivity index (χ1v) is 6.24. The molecule has 0 saturated heterocycles. The third kappa shape index (κ3) is 4.19. The van der Waals surface area contributed by atoms with Crippen LogP contribution in [0.1, 0.15) is 37.1 Å². The molecule has 0 bridgehead atoms. The third-order valence-electron chi connectivity index (χ3n) is 2.93. The number of carbonyl (C=O) groups is 1. The lowest BCUT2D eigenvalue weighted by molar-refractivity contribution is -0.121. The molecule has 1 saturated carbocycles. The fourth-order valence-electron chi connectivity index (χ4n) is 1.67. The second-order valence-electron chi connectivity index (χ2n) is 4.60. The molecule has 0 atom stereocenters. The molecule has 1 fully saturated rings. The van der Waals surface area contributed by atoms with Gasteiger partial charge in [-0.2, -0.15) is 0 Å². The number of amides is 1. The van der Waals surface area contributed by atoms with Crippen LogP contribution in [-0.4, -0.2) is 28.5 Å². The van der Waals surface area contributed by atoms with Gasteiger partial charge in [-0.25, -0.2) is 4.98 Å². The lowest BCUT2D eigenvalue weighted by Gasteiger charge is -2.04. The Morgan fingerprint density at radius 2 is 2.41 bits per heavy atom. The van der Waals surface area contributed by atoms with E-state index < -0.39 is 0 Å². The maximum absolute atomic E-state index is 11.4. The van der Waals surface area contributed by atoms with Crippen molar-refractivity contribution in [2.45, 2.75) is 45.2 Å². The van der Waals surface area contributed by atoms with E-state index in [1.807, 2.05) is 6.92 Å². The molecular weight excluding hydrogens is 216 g/mol. The summed E-state index contributed by atoms with van der Waals surface area (Å²) in [5.74, 6) is 0.185. The zero-order valence-electron chi connectivity index (χ0n) is 10.3. The molecule has 94 valence electrons. The molecule has 0 spiro atoms. The summed E-state index contributed by atoms with van der Waals surface area (Å²) in [5.41, 5.74) is 2.15. The molecule has 5 nitrogen and oxygen atoms in total. The van der Waals surface area contributed by atoms with Crippen molar-refractivity contribution in [1.82, 2.24) is 20.6 Å². The highest BCUT2D eigenvalue weighted by molar-refractivity contribution is 5.76. The number of hydrogen-bond donors (Lipinski definition) is 3. The molecule has 17 heavy (non-hydrogen) atoms. The molecule has 1 aliphatic rings. The molecule has 0 unspecified atom stereocenters. The first-order chi connectivity index (χ1) is 8.25. The van der Waals surface area contributed by atoms with Crippen molar-refractivity contribution >= 4 is 5.91 Å². The topological polar surface area (TPSA) is 69.8 Å². The van der Waals surface area contributed by atoms with Crippen LogP contribution < -0.4 is 10.6 Å². The van der Waals surface area contributed by atoms with Crippen LogP contribution in [0.3, 0.4) is 0 Å². The van der Waals surface area contributed by atoms with Crippen LogP contribution >= 0.6 is 0 Å². The molecule has 0 radical (unpaired) electrons. The van der Waals surface area contributed by atoms with Crippen molar-refractivity contribution in [3.63, 3.8) is 0 Å². The second kappa shape index (κ2) is 5.82. The van der Waals surface area contributed by atoms with Crippen molar-refractivity contribution in [1.29, 1.82) is 0 Å². The Bertz CT molecular complexity index is 370. The van der Waals surface area contributed by atoms with E-state index in [2.05, 4.69) is 20.6 Å². The Morgan fingerprint density at radius 3 is 3.06 bits per heavy atom. The smallest absolute Gasteiger partial charge is 0.220 e. The van der Waals surface area contributed by atoms with Crippen LogP contribution in [-0.2, 0) is 11.3 Å². The maximum Gasteiger partial charge on any atom is 0.220 e. The molecular formula is C12H20N4O. The summed E-state index contributed by atoms with van der Waals surface area (Å²) in [7, 11) is 0. The van der Waals surface area contributed by atoms with E-state index in [4.69, 9.17) is 0 Å². The van der Waals surface area contributed by atoms with Crippen LogP contribution in [0.25, 0.3) is 0 Å². The summed E-state index contributed by atoms with van der Waals surface area (Å²) in [4.78, 5) is 18.6. The zero-order valence-corrected chi connectivity index (χ0v) is 10.3. The Balaban J connectivity index is 1.51. The Hall–Kier alpha value is -1.36. The van der Waals surface area contributed by atoms with Crippen molar-refractivity contribution in [3.05, 3.63) is 17.7 Å². The van der Waals surface area contributed by atoms with Gasteiger partial charge < -0.3 is 15.6 Å². The first-order valence-electron chi connectivity index (χ1n) is 6.24. The maximum atomic E-state index is 11.4. The van der Waals surface area contributed by atoms with Crippen LogP contribution in [0, 0.1) is 6.92 Å². The minimum absolute atomic E-state index is 0.185. The highest BCUT2D eigenvalue weighted by Gasteiger charge is 2.22. The van der Waals surface area contributed by atoms with E-state index >= 15 is 0 Å². The zero-order chi connectivity index (χ0) is 12.1. The Kier molecular flexibility index (Phi) is 4.14. The molecule has 1 amide bonds. The summed E-state index contributed by atoms with van der Waals surface area (Å²) in [5, 5.41) is 6.27. The molecule has 2 rings (SSSR count). The molecule has 5 heteroatoms. The van der Waals surface area contributed by atoms with Crippen molar-refractivity contribution in [3.8, 4) is 0 Å². The molecule has 1 aromatic rings. The summed E-state index contributed by atoms with van der Waals surface area (Å²) < 4.78 is 0. The van der Waals surface area contributed by atoms with E-state index in [0.717, 1.165) is 43.7 Å². The Morgan fingerprint density at radius 1 is 1.59 bits per heavy atom. The number of nitrogens with zero attached hydrogens (tertiary/aromatic N) is 1. The largest absolute Gasteiger partial charge is 0.353 e. The van der Waals surface area contributed by atoms with Gasteiger partial charge in [-0.1, -0.05) is 0 Å². The number of aromatic amines is 1. The number of imidazole rings is 1. The van der Waals surface area contributed by atoms with E-state index in [9.17, 15) is 4.79 Å². The summed E-state index contributed by atoms with van der Waals surface area (Å²) >= 11 is 0. The SMILES string of the molecule is Cc1[nH]cnc1CNCCCC(=O)NC1CC1. The number of aryl methyl sites for hydroxylation is 1. The van der Waals surface area contributed by atoms with E-state index in [1.165, 1.54) is 0 Å². The average Bonchev–Trinajstić information content (AvgIpc) is 3.01. The van der Waals surface area contributed by atoms with Crippen molar-refractivity contribution < 1.29 is 4.79 Å². The van der Waals surface area contributed by atoms with Gasteiger partial charge in [0.05, 0.1) is 12.0 Å². The van der Waals surface area contributed by atoms with Gasteiger partial charge in [0.15, 0.2) is 0 Å². The average molecular weight is 236 g/mol. The molecule has 3 N–H and O–H groups in total. The third-order valence-corrected chi connectivity index (χ3v) is 2.93. The quantitative estimate of drug-likeness (QED) is 0.615. The van der Waals surface area contributed by atoms with Crippen LogP contribution in [0.5, 0.6) is 0 Å². The number of rotatable bonds is 7. The summed E-state index contributed by atoms with van der Waals surface area (Å²) in [6.45, 7) is 3.62. The highest BCUT2D eigenvalue weighted by Crippen LogP contribution is 2.18. The van der Waals surface area contributed by atoms with Crippen LogP contribution in [0.15, 0.2) is 6.33 Å². The standard InChI is InChI=1S/C12H20N4O/c1-9-11(15-8-14-9)7-13-6-2-3-12(17)16-10-4-5-10/h8,10,13H,2-7H2,1H3,(H,14,15)(H,16,17). The minimum Gasteiger partial charge on any atom is -0.353 e. The van der Waals surface area contributed by atoms with E-state index in [1.54, 1.807) is 6.33 Å². The number of carbonyl (C=O) groups excluding carboxylic acids is 1. The summed E-state index contributed by atoms with van der Waals surface area (Å²) in [6.07, 6.45) is 5.51. The number of hydrogen-bond acceptors (Lipinski definition) is 3. The fraction of sp³-hybridized carbons (Fsp3) is 0.667. The van der Waals surface area contributed by atoms with Gasteiger partial charge in [-0.15, -0.1) is 0 Å². The van der Waals surface area contributed by atoms with Crippen LogP contribution in [0.4, 0.5) is 0 Å². The number of aromatic nitrogens is 2. The van der Waals surface area contributed by atoms with Gasteiger partial charge in [0.25, 0.3) is 0 Å². The predicted molar refractivity (Wildman–Crippen MR) is 65.4 cm³/mol. The second-order valence-corrected chi connectivity index (χ2v) is 4.60. The first kappa shape index (κ1) is 12.1. The molecule has 0 aliphatic heterocycles. The van der Waals surface area contributed by atoms with Crippen LogP contribution in [0.2, 0.25) is 0 Å². The van der Waals surface area contributed by atoms with Crippen molar-refractivity contribution in [2.24, 2.45) is 0 Å². The number of nitrogens with one attached hydrogen (secondary N) is 3. The van der Waals surface area contributed by atoms with Gasteiger partial charge >= 0.3 is 0 Å². The highest BCUT2D eigenvalue weighted by atomic mass is 16.1. The summed E-state index contributed by atoms with van der Waals surface area (Å²) in [6, 6.07) is 0.474. The van der Waals surface area contributed by atoms with E-state index in [0.29, 0.717) is 12.5 Å². The molecule has 1 aliphatic carbocycles. The molecule has 1 heterocycles. The normalized spacial score (nSPS) is 14.9. The van der Waals surface area contributed by atoms with E-state index in [-0.39, 0.29) is 5.91 Å². The van der Waals surface area contributed by atoms with Gasteiger partial charge in [0.2, 0.25) is 5.91 Å². The lowest BCUT2D eigenvalue weighted by atomic mass is 10.3. The fourth-order valence-corrected chi connectivity index (χ4v) is 1.67. The van der Waals surface area contributed by atoms with Gasteiger partial charge in [-0.05, 0) is 32.7 Å². The predicted octanol–water partition coefficient (Wildman–Crippen LogP) is 0.867. The van der Waals surface area contributed by atoms with Gasteiger partial charge in [-0.3, -0.25) is 4.79 Å². The number of H-pyrrole nitrogens is 1. The Labute approximate surface area is 101 Å². The van der Waals surface area contributed by atoms with Gasteiger partial charge in [0.1, 0.15) is 0 Å². The van der Waals surface area contributed by atoms with Gasteiger partial charge in [0, 0.05) is 24.7 Å². The lowest BCUT2D eigenvalue weighted by Crippen LogP contribution is -2.26. The monoisotopic (exact) mass is 236 g/mol. The minimum atomic E-state index is 0.185. The molecule has 1 aromatic heterocycles. The molecule has 0 aromatic carbocycles.